The van der Waals surface area contributed by atoms with Crippen molar-refractivity contribution in [1.29, 1.82) is 0 Å². The number of rotatable bonds is 3. The Morgan fingerprint density at radius 3 is 2.81 bits per heavy atom. The Kier molecular flexibility index (Phi) is 5.04. The number of anilines is 1. The summed E-state index contributed by atoms with van der Waals surface area (Å²) in [6, 6.07) is 5.39. The van der Waals surface area contributed by atoms with Crippen LogP contribution in [0.25, 0.3) is 0 Å². The zero-order valence-corrected chi connectivity index (χ0v) is 14.2. The second kappa shape index (κ2) is 6.60. The van der Waals surface area contributed by atoms with E-state index in [0.29, 0.717) is 13.0 Å². The quantitative estimate of drug-likeness (QED) is 0.908. The van der Waals surface area contributed by atoms with E-state index >= 15 is 0 Å². The third-order valence-corrected chi connectivity index (χ3v) is 5.12. The van der Waals surface area contributed by atoms with E-state index in [2.05, 4.69) is 21.2 Å². The molecule has 2 unspecified atom stereocenters. The van der Waals surface area contributed by atoms with Gasteiger partial charge in [-0.25, -0.2) is 0 Å². The molecule has 0 aromatic heterocycles. The van der Waals surface area contributed by atoms with E-state index in [1.807, 2.05) is 39.0 Å². The summed E-state index contributed by atoms with van der Waals surface area (Å²) in [5.41, 5.74) is 1.91. The molecular formula is C16H21BrN2O2. The first kappa shape index (κ1) is 16.0. The summed E-state index contributed by atoms with van der Waals surface area (Å²) in [7, 11) is 0. The molecule has 1 fully saturated rings. The van der Waals surface area contributed by atoms with Gasteiger partial charge in [-0.15, -0.1) is 0 Å². The first-order valence-corrected chi connectivity index (χ1v) is 8.10. The van der Waals surface area contributed by atoms with Gasteiger partial charge in [0.1, 0.15) is 6.04 Å². The molecule has 0 saturated carbocycles. The van der Waals surface area contributed by atoms with Gasteiger partial charge >= 0.3 is 0 Å². The van der Waals surface area contributed by atoms with Crippen molar-refractivity contribution in [3.63, 3.8) is 0 Å². The highest BCUT2D eigenvalue weighted by Gasteiger charge is 2.34. The molecule has 5 heteroatoms. The first-order valence-electron chi connectivity index (χ1n) is 7.31. The van der Waals surface area contributed by atoms with E-state index in [4.69, 9.17) is 0 Å². The van der Waals surface area contributed by atoms with Crippen LogP contribution in [0.5, 0.6) is 0 Å². The predicted octanol–water partition coefficient (Wildman–Crippen LogP) is 3.03. The first-order chi connectivity index (χ1) is 9.95. The Morgan fingerprint density at radius 2 is 2.14 bits per heavy atom. The number of nitrogens with zero attached hydrogens (tertiary/aromatic N) is 1. The third kappa shape index (κ3) is 3.28. The normalized spacial score (nSPS) is 21.0. The lowest BCUT2D eigenvalue weighted by Gasteiger charge is -2.28. The molecule has 1 aliphatic rings. The maximum Gasteiger partial charge on any atom is 0.249 e. The van der Waals surface area contributed by atoms with Crippen LogP contribution in [0, 0.1) is 12.8 Å². The van der Waals surface area contributed by atoms with Crippen LogP contribution in [-0.4, -0.2) is 24.4 Å². The van der Waals surface area contributed by atoms with Gasteiger partial charge in [0.05, 0.1) is 5.69 Å². The summed E-state index contributed by atoms with van der Waals surface area (Å²) >= 11 is 3.56. The standard InChI is InChI=1S/C16H21BrN2O2/c1-4-10(2)15-16(21)19(9-8-13(20)18-15)12-7-5-6-11(3)14(12)17/h5-7,10,15H,4,8-9H2,1-3H3,(H,18,20). The van der Waals surface area contributed by atoms with E-state index in [0.717, 1.165) is 22.1 Å². The van der Waals surface area contributed by atoms with Crippen molar-refractivity contribution in [3.05, 3.63) is 28.2 Å². The van der Waals surface area contributed by atoms with Crippen molar-refractivity contribution in [2.75, 3.05) is 11.4 Å². The van der Waals surface area contributed by atoms with Gasteiger partial charge < -0.3 is 10.2 Å². The Bertz CT molecular complexity index is 559. The Morgan fingerprint density at radius 1 is 1.43 bits per heavy atom. The maximum atomic E-state index is 12.8. The Hall–Kier alpha value is -1.36. The number of nitrogens with one attached hydrogen (secondary N) is 1. The number of carbonyl (C=O) groups is 2. The van der Waals surface area contributed by atoms with E-state index in [9.17, 15) is 9.59 Å². The highest BCUT2D eigenvalue weighted by atomic mass is 79.9. The molecule has 2 rings (SSSR count). The number of benzene rings is 1. The zero-order valence-electron chi connectivity index (χ0n) is 12.6. The molecule has 0 radical (unpaired) electrons. The van der Waals surface area contributed by atoms with Gasteiger partial charge in [0.25, 0.3) is 0 Å². The lowest BCUT2D eigenvalue weighted by atomic mass is 9.98. The number of halogens is 1. The van der Waals surface area contributed by atoms with E-state index in [1.165, 1.54) is 0 Å². The van der Waals surface area contributed by atoms with Gasteiger partial charge in [0, 0.05) is 17.4 Å². The van der Waals surface area contributed by atoms with Crippen LogP contribution in [0.2, 0.25) is 0 Å². The molecule has 1 heterocycles. The molecule has 1 saturated heterocycles. The monoisotopic (exact) mass is 352 g/mol. The minimum atomic E-state index is -0.447. The number of aryl methyl sites for hydroxylation is 1. The molecule has 2 amide bonds. The molecule has 21 heavy (non-hydrogen) atoms. The Balaban J connectivity index is 2.40. The van der Waals surface area contributed by atoms with Gasteiger partial charge in [-0.05, 0) is 40.4 Å². The van der Waals surface area contributed by atoms with Crippen LogP contribution < -0.4 is 10.2 Å². The summed E-state index contributed by atoms with van der Waals surface area (Å²) in [5, 5.41) is 2.87. The average molecular weight is 353 g/mol. The van der Waals surface area contributed by atoms with Crippen LogP contribution in [0.1, 0.15) is 32.3 Å². The molecular weight excluding hydrogens is 332 g/mol. The number of hydrogen-bond acceptors (Lipinski definition) is 2. The highest BCUT2D eigenvalue weighted by Crippen LogP contribution is 2.31. The van der Waals surface area contributed by atoms with Crippen molar-refractivity contribution in [2.45, 2.75) is 39.7 Å². The Labute approximate surface area is 134 Å². The lowest BCUT2D eigenvalue weighted by molar-refractivity contribution is -0.126. The molecule has 2 atom stereocenters. The minimum absolute atomic E-state index is 0.0264. The third-order valence-electron chi connectivity index (χ3n) is 4.09. The summed E-state index contributed by atoms with van der Waals surface area (Å²) in [5.74, 6) is 0.0343. The predicted molar refractivity (Wildman–Crippen MR) is 87.2 cm³/mol. The summed E-state index contributed by atoms with van der Waals surface area (Å²) in [4.78, 5) is 26.5. The second-order valence-corrected chi connectivity index (χ2v) is 6.37. The van der Waals surface area contributed by atoms with Crippen molar-refractivity contribution in [3.8, 4) is 0 Å². The summed E-state index contributed by atoms with van der Waals surface area (Å²) < 4.78 is 0.913. The molecule has 0 spiro atoms. The molecule has 1 aromatic carbocycles. The van der Waals surface area contributed by atoms with Crippen molar-refractivity contribution in [2.24, 2.45) is 5.92 Å². The molecule has 0 aliphatic carbocycles. The number of hydrogen-bond donors (Lipinski definition) is 1. The topological polar surface area (TPSA) is 49.4 Å². The molecule has 0 bridgehead atoms. The van der Waals surface area contributed by atoms with Gasteiger partial charge in [-0.3, -0.25) is 9.59 Å². The molecule has 1 aromatic rings. The summed E-state index contributed by atoms with van der Waals surface area (Å²) in [6.07, 6.45) is 1.18. The van der Waals surface area contributed by atoms with E-state index < -0.39 is 6.04 Å². The van der Waals surface area contributed by atoms with Crippen LogP contribution in [0.15, 0.2) is 22.7 Å². The fourth-order valence-electron chi connectivity index (χ4n) is 2.50. The van der Waals surface area contributed by atoms with Crippen molar-refractivity contribution in [1.82, 2.24) is 5.32 Å². The average Bonchev–Trinajstić information content (AvgIpc) is 2.61. The lowest BCUT2D eigenvalue weighted by Crippen LogP contribution is -2.48. The second-order valence-electron chi connectivity index (χ2n) is 5.58. The van der Waals surface area contributed by atoms with Gasteiger partial charge in [0.2, 0.25) is 11.8 Å². The van der Waals surface area contributed by atoms with E-state index in [-0.39, 0.29) is 17.7 Å². The smallest absolute Gasteiger partial charge is 0.249 e. The fourth-order valence-corrected chi connectivity index (χ4v) is 2.98. The van der Waals surface area contributed by atoms with Crippen LogP contribution in [0.4, 0.5) is 5.69 Å². The van der Waals surface area contributed by atoms with Gasteiger partial charge in [-0.2, -0.15) is 0 Å². The van der Waals surface area contributed by atoms with Crippen LogP contribution in [0.3, 0.4) is 0 Å². The number of amides is 2. The van der Waals surface area contributed by atoms with E-state index in [1.54, 1.807) is 4.90 Å². The van der Waals surface area contributed by atoms with Crippen molar-refractivity contribution < 1.29 is 9.59 Å². The zero-order chi connectivity index (χ0) is 15.6. The summed E-state index contributed by atoms with van der Waals surface area (Å²) in [6.45, 7) is 6.44. The largest absolute Gasteiger partial charge is 0.344 e. The number of carbonyl (C=O) groups excluding carboxylic acids is 2. The molecule has 4 nitrogen and oxygen atoms in total. The molecule has 114 valence electrons. The molecule has 1 aliphatic heterocycles. The van der Waals surface area contributed by atoms with Gasteiger partial charge in [0.15, 0.2) is 0 Å². The highest BCUT2D eigenvalue weighted by molar-refractivity contribution is 9.10. The minimum Gasteiger partial charge on any atom is -0.344 e. The van der Waals surface area contributed by atoms with Crippen LogP contribution in [-0.2, 0) is 9.59 Å². The fraction of sp³-hybridized carbons (Fsp3) is 0.500. The van der Waals surface area contributed by atoms with Gasteiger partial charge in [-0.1, -0.05) is 32.4 Å². The SMILES string of the molecule is CCC(C)C1NC(=O)CCN(c2cccc(C)c2Br)C1=O. The maximum absolute atomic E-state index is 12.8. The van der Waals surface area contributed by atoms with Crippen LogP contribution >= 0.6 is 15.9 Å². The molecule has 1 N–H and O–H groups in total. The van der Waals surface area contributed by atoms with Crippen molar-refractivity contribution >= 4 is 33.4 Å².